The maximum Gasteiger partial charge on any atom is 0.472 e. The van der Waals surface area contributed by atoms with Gasteiger partial charge in [-0.05, 0) is 44.9 Å². The third-order valence-electron chi connectivity index (χ3n) is 18.3. The first-order valence-corrected chi connectivity index (χ1v) is 41.3. The van der Waals surface area contributed by atoms with E-state index in [2.05, 4.69) is 38.2 Å². The van der Waals surface area contributed by atoms with Crippen molar-refractivity contribution in [1.82, 2.24) is 0 Å². The Hall–Kier alpha value is -1.51. The number of unbranched alkanes of at least 4 members (excludes halogenated alkanes) is 60. The maximum absolute atomic E-state index is 12.8. The molecule has 0 radical (unpaired) electrons. The third kappa shape index (κ3) is 75.4. The number of rotatable bonds is 77. The normalized spacial score (nSPS) is 12.9. The summed E-state index contributed by atoms with van der Waals surface area (Å²) in [5.74, 6) is -0.802. The number of esters is 2. The van der Waals surface area contributed by atoms with Crippen molar-refractivity contribution >= 4 is 19.8 Å². The van der Waals surface area contributed by atoms with Gasteiger partial charge in [0, 0.05) is 19.4 Å². The van der Waals surface area contributed by atoms with E-state index in [1.807, 2.05) is 0 Å². The van der Waals surface area contributed by atoms with Crippen molar-refractivity contribution in [2.75, 3.05) is 26.4 Å². The van der Waals surface area contributed by atoms with Gasteiger partial charge in [0.2, 0.25) is 0 Å². The standard InChI is InChI=1S/C79H154NO8P/c1-3-5-7-9-11-13-15-17-19-21-23-25-27-29-31-32-33-34-35-36-37-38-39-40-41-42-43-44-46-47-49-51-53-55-57-59-61-63-65-67-69-71-78(81)85-75-77(76-87-89(83,84)86-74-73-80)88-79(82)72-70-68-66-64-62-60-58-56-54-52-50-48-45-30-28-26-24-22-20-18-16-14-12-10-8-6-4-2/h16,18,22,24,77H,3-15,17,19-21,23,25-76,80H2,1-2H3,(H,83,84)/b18-16-,24-22-. The molecule has 0 aliphatic rings. The van der Waals surface area contributed by atoms with Crippen LogP contribution in [0.1, 0.15) is 438 Å². The topological polar surface area (TPSA) is 134 Å². The Balaban J connectivity index is 3.71. The Morgan fingerprint density at radius 2 is 0.584 bits per heavy atom. The highest BCUT2D eigenvalue weighted by Crippen LogP contribution is 2.43. The van der Waals surface area contributed by atoms with Crippen LogP contribution in [0.2, 0.25) is 0 Å². The number of carbonyl (C=O) groups excluding carboxylic acids is 2. The molecule has 9 nitrogen and oxygen atoms in total. The summed E-state index contributed by atoms with van der Waals surface area (Å²) in [6.45, 7) is 3.82. The fourth-order valence-electron chi connectivity index (χ4n) is 12.4. The molecule has 0 bridgehead atoms. The lowest BCUT2D eigenvalue weighted by molar-refractivity contribution is -0.161. The second-order valence-electron chi connectivity index (χ2n) is 27.3. The molecule has 0 aliphatic heterocycles. The second kappa shape index (κ2) is 75.5. The van der Waals surface area contributed by atoms with Crippen LogP contribution in [0, 0.1) is 0 Å². The highest BCUT2D eigenvalue weighted by atomic mass is 31.2. The number of hydrogen-bond donors (Lipinski definition) is 2. The summed E-state index contributed by atoms with van der Waals surface area (Å²) in [4.78, 5) is 35.4. The zero-order valence-corrected chi connectivity index (χ0v) is 60.6. The number of nitrogens with two attached hydrogens (primary N) is 1. The van der Waals surface area contributed by atoms with Crippen molar-refractivity contribution < 1.29 is 37.6 Å². The van der Waals surface area contributed by atoms with Crippen molar-refractivity contribution in [2.24, 2.45) is 5.73 Å². The molecule has 0 saturated heterocycles. The molecular weight excluding hydrogens is 1120 g/mol. The molecule has 0 aliphatic carbocycles. The van der Waals surface area contributed by atoms with Crippen LogP contribution in [-0.4, -0.2) is 49.3 Å². The summed E-state index contributed by atoms with van der Waals surface area (Å²) in [5.41, 5.74) is 5.41. The van der Waals surface area contributed by atoms with Gasteiger partial charge in [-0.15, -0.1) is 0 Å². The second-order valence-corrected chi connectivity index (χ2v) is 28.8. The van der Waals surface area contributed by atoms with E-state index in [4.69, 9.17) is 24.3 Å². The molecule has 2 unspecified atom stereocenters. The fraction of sp³-hybridized carbons (Fsp3) is 0.924. The van der Waals surface area contributed by atoms with Gasteiger partial charge in [-0.3, -0.25) is 18.6 Å². The van der Waals surface area contributed by atoms with Gasteiger partial charge in [0.15, 0.2) is 6.10 Å². The van der Waals surface area contributed by atoms with Gasteiger partial charge in [0.05, 0.1) is 13.2 Å². The molecule has 0 spiro atoms. The van der Waals surface area contributed by atoms with Crippen molar-refractivity contribution in [1.29, 1.82) is 0 Å². The third-order valence-corrected chi connectivity index (χ3v) is 19.3. The molecule has 2 atom stereocenters. The summed E-state index contributed by atoms with van der Waals surface area (Å²) in [7, 11) is -4.39. The predicted octanol–water partition coefficient (Wildman–Crippen LogP) is 26.4. The molecule has 0 aromatic rings. The molecule has 0 saturated carbocycles. The van der Waals surface area contributed by atoms with Gasteiger partial charge in [0.25, 0.3) is 0 Å². The Labute approximate surface area is 554 Å². The van der Waals surface area contributed by atoms with Gasteiger partial charge in [0.1, 0.15) is 6.61 Å². The smallest absolute Gasteiger partial charge is 0.462 e. The van der Waals surface area contributed by atoms with Crippen LogP contribution in [0.3, 0.4) is 0 Å². The largest absolute Gasteiger partial charge is 0.472 e. The lowest BCUT2D eigenvalue weighted by Gasteiger charge is -2.19. The van der Waals surface area contributed by atoms with E-state index < -0.39 is 26.5 Å². The quantitative estimate of drug-likeness (QED) is 0.0264. The van der Waals surface area contributed by atoms with Crippen LogP contribution < -0.4 is 5.73 Å². The number of phosphoric ester groups is 1. The van der Waals surface area contributed by atoms with Crippen molar-refractivity contribution in [3.63, 3.8) is 0 Å². The number of allylic oxidation sites excluding steroid dienone is 4. The highest BCUT2D eigenvalue weighted by Gasteiger charge is 2.26. The summed E-state index contributed by atoms with van der Waals surface area (Å²) in [6.07, 6.45) is 94.8. The monoisotopic (exact) mass is 1280 g/mol. The molecule has 0 aromatic heterocycles. The summed E-state index contributed by atoms with van der Waals surface area (Å²) in [6, 6.07) is 0. The van der Waals surface area contributed by atoms with Crippen LogP contribution in [0.25, 0.3) is 0 Å². The van der Waals surface area contributed by atoms with E-state index >= 15 is 0 Å². The van der Waals surface area contributed by atoms with E-state index in [0.717, 1.165) is 38.5 Å². The molecule has 0 rings (SSSR count). The Morgan fingerprint density at radius 3 is 0.854 bits per heavy atom. The van der Waals surface area contributed by atoms with E-state index in [9.17, 15) is 19.0 Å². The van der Waals surface area contributed by atoms with Crippen LogP contribution in [-0.2, 0) is 32.7 Å². The van der Waals surface area contributed by atoms with Gasteiger partial charge in [-0.2, -0.15) is 0 Å². The zero-order chi connectivity index (χ0) is 64.4. The van der Waals surface area contributed by atoms with Gasteiger partial charge in [-0.25, -0.2) is 4.57 Å². The summed E-state index contributed by atoms with van der Waals surface area (Å²) < 4.78 is 33.3. The number of carbonyl (C=O) groups is 2. The Kier molecular flexibility index (Phi) is 74.2. The SMILES string of the molecule is CCCCCCC/C=C\C/C=C\CCCCCCCCCCCCCCCCCC(=O)OC(COC(=O)CCCCCCCCCCCCCCCCCCCCCCCCCCCCCCCCCCCCCCCCCCC)COP(=O)(O)OCCN. The molecule has 0 amide bonds. The molecule has 89 heavy (non-hydrogen) atoms. The number of hydrogen-bond acceptors (Lipinski definition) is 8. The van der Waals surface area contributed by atoms with Crippen molar-refractivity contribution in [3.05, 3.63) is 24.3 Å². The molecule has 10 heteroatoms. The molecule has 528 valence electrons. The molecule has 0 heterocycles. The highest BCUT2D eigenvalue weighted by molar-refractivity contribution is 7.47. The van der Waals surface area contributed by atoms with Crippen LogP contribution >= 0.6 is 7.82 Å². The van der Waals surface area contributed by atoms with E-state index in [1.54, 1.807) is 0 Å². The fourth-order valence-corrected chi connectivity index (χ4v) is 13.2. The van der Waals surface area contributed by atoms with Crippen LogP contribution in [0.5, 0.6) is 0 Å². The van der Waals surface area contributed by atoms with E-state index in [1.165, 1.54) is 366 Å². The Morgan fingerprint density at radius 1 is 0.337 bits per heavy atom. The minimum absolute atomic E-state index is 0.0565. The van der Waals surface area contributed by atoms with Gasteiger partial charge < -0.3 is 20.1 Å². The summed E-state index contributed by atoms with van der Waals surface area (Å²) in [5, 5.41) is 0. The van der Waals surface area contributed by atoms with Crippen molar-refractivity contribution in [3.8, 4) is 0 Å². The lowest BCUT2D eigenvalue weighted by atomic mass is 10.0. The van der Waals surface area contributed by atoms with Gasteiger partial charge >= 0.3 is 19.8 Å². The minimum atomic E-state index is -4.39. The Bertz CT molecular complexity index is 1510. The zero-order valence-electron chi connectivity index (χ0n) is 59.7. The van der Waals surface area contributed by atoms with E-state index in [0.29, 0.717) is 6.42 Å². The average Bonchev–Trinajstić information content (AvgIpc) is 3.64. The lowest BCUT2D eigenvalue weighted by Crippen LogP contribution is -2.29. The van der Waals surface area contributed by atoms with E-state index in [-0.39, 0.29) is 38.6 Å². The van der Waals surface area contributed by atoms with Gasteiger partial charge in [-0.1, -0.05) is 404 Å². The molecule has 0 fully saturated rings. The number of ether oxygens (including phenoxy) is 2. The molecular formula is C79H154NO8P. The number of phosphoric acid groups is 1. The van der Waals surface area contributed by atoms with Crippen molar-refractivity contribution in [2.45, 2.75) is 444 Å². The maximum atomic E-state index is 12.8. The molecule has 0 aromatic carbocycles. The first-order chi connectivity index (χ1) is 43.8. The minimum Gasteiger partial charge on any atom is -0.462 e. The first-order valence-electron chi connectivity index (χ1n) is 39.8. The summed E-state index contributed by atoms with van der Waals surface area (Å²) >= 11 is 0. The predicted molar refractivity (Wildman–Crippen MR) is 386 cm³/mol. The van der Waals surface area contributed by atoms with Crippen LogP contribution in [0.4, 0.5) is 0 Å². The molecule has 3 N–H and O–H groups in total. The van der Waals surface area contributed by atoms with Crippen LogP contribution in [0.15, 0.2) is 24.3 Å². The first kappa shape index (κ1) is 87.5. The average molecular weight is 1280 g/mol.